The molecule has 5 rings (SSSR count). The van der Waals surface area contributed by atoms with Gasteiger partial charge < -0.3 is 18.8 Å². The van der Waals surface area contributed by atoms with Crippen LogP contribution in [0.25, 0.3) is 27.2 Å². The molecular weight excluding hydrogens is 424 g/mol. The second-order valence-corrected chi connectivity index (χ2v) is 8.82. The van der Waals surface area contributed by atoms with Gasteiger partial charge >= 0.3 is 5.97 Å². The second kappa shape index (κ2) is 7.65. The van der Waals surface area contributed by atoms with Crippen molar-refractivity contribution in [1.29, 1.82) is 0 Å². The van der Waals surface area contributed by atoms with Crippen LogP contribution < -0.4 is 5.56 Å². The Bertz CT molecular complexity index is 1520. The van der Waals surface area contributed by atoms with Crippen molar-refractivity contribution in [3.63, 3.8) is 0 Å². The largest absolute Gasteiger partial charge is 0.477 e. The van der Waals surface area contributed by atoms with Crippen LogP contribution in [-0.2, 0) is 13.6 Å². The fourth-order valence-corrected chi connectivity index (χ4v) is 4.91. The molecule has 0 bridgehead atoms. The van der Waals surface area contributed by atoms with Crippen molar-refractivity contribution >= 4 is 27.5 Å². The highest BCUT2D eigenvalue weighted by molar-refractivity contribution is 7.20. The fraction of sp³-hybridized carbons (Fsp3) is 0.125. The van der Waals surface area contributed by atoms with Crippen molar-refractivity contribution in [3.8, 4) is 16.9 Å². The Hall–Kier alpha value is -3.91. The molecular formula is C24H20N4O3S. The van der Waals surface area contributed by atoms with Crippen LogP contribution >= 0.6 is 11.3 Å². The first kappa shape index (κ1) is 20.0. The van der Waals surface area contributed by atoms with Gasteiger partial charge in [-0.15, -0.1) is 11.3 Å². The van der Waals surface area contributed by atoms with Crippen molar-refractivity contribution in [1.82, 2.24) is 18.7 Å². The Labute approximate surface area is 187 Å². The highest BCUT2D eigenvalue weighted by atomic mass is 32.1. The molecule has 32 heavy (non-hydrogen) atoms. The topological polar surface area (TPSA) is 82.1 Å². The molecule has 0 aliphatic rings. The van der Waals surface area contributed by atoms with Crippen molar-refractivity contribution < 1.29 is 9.90 Å². The number of carboxylic acids is 1. The molecule has 1 N–H and O–H groups in total. The summed E-state index contributed by atoms with van der Waals surface area (Å²) in [4.78, 5) is 27.8. The lowest BCUT2D eigenvalue weighted by Crippen LogP contribution is -2.16. The minimum atomic E-state index is -0.928. The van der Waals surface area contributed by atoms with Gasteiger partial charge in [0.05, 0.1) is 22.2 Å². The Morgan fingerprint density at radius 3 is 2.69 bits per heavy atom. The van der Waals surface area contributed by atoms with Crippen LogP contribution in [0.4, 0.5) is 0 Å². The SMILES string of the molecule is Cc1cc(-n2ccnc2)ccc1-c1cc2sc(C(=O)O)cc2n1Cc1ccc(=O)n(C)c1. The number of fused-ring (bicyclic) bond motifs is 1. The van der Waals surface area contributed by atoms with E-state index in [0.29, 0.717) is 11.4 Å². The number of carbonyl (C=O) groups is 1. The van der Waals surface area contributed by atoms with Gasteiger partial charge in [-0.1, -0.05) is 12.1 Å². The number of aromatic carboxylic acids is 1. The zero-order valence-electron chi connectivity index (χ0n) is 17.5. The molecule has 160 valence electrons. The third-order valence-electron chi connectivity index (χ3n) is 5.58. The number of rotatable bonds is 5. The maximum Gasteiger partial charge on any atom is 0.345 e. The maximum atomic E-state index is 11.8. The first-order chi connectivity index (χ1) is 15.4. The number of benzene rings is 1. The quantitative estimate of drug-likeness (QED) is 0.438. The van der Waals surface area contributed by atoms with E-state index < -0.39 is 5.97 Å². The summed E-state index contributed by atoms with van der Waals surface area (Å²) < 4.78 is 6.55. The number of aryl methyl sites for hydroxylation is 2. The lowest BCUT2D eigenvalue weighted by Gasteiger charge is -2.14. The van der Waals surface area contributed by atoms with Gasteiger partial charge in [0.1, 0.15) is 4.88 Å². The summed E-state index contributed by atoms with van der Waals surface area (Å²) >= 11 is 1.27. The summed E-state index contributed by atoms with van der Waals surface area (Å²) in [7, 11) is 1.73. The molecule has 0 aliphatic carbocycles. The lowest BCUT2D eigenvalue weighted by atomic mass is 10.0. The van der Waals surface area contributed by atoms with Gasteiger partial charge in [-0.05, 0) is 42.3 Å². The number of hydrogen-bond donors (Lipinski definition) is 1. The number of nitrogens with zero attached hydrogens (tertiary/aromatic N) is 4. The molecule has 4 heterocycles. The molecule has 0 amide bonds. The van der Waals surface area contributed by atoms with Crippen LogP contribution in [0.15, 0.2) is 72.2 Å². The van der Waals surface area contributed by atoms with Crippen molar-refractivity contribution in [2.75, 3.05) is 0 Å². The van der Waals surface area contributed by atoms with Crippen LogP contribution in [0.1, 0.15) is 20.8 Å². The first-order valence-electron chi connectivity index (χ1n) is 10.0. The molecule has 0 unspecified atom stereocenters. The van der Waals surface area contributed by atoms with E-state index in [1.165, 1.54) is 11.3 Å². The normalized spacial score (nSPS) is 11.3. The van der Waals surface area contributed by atoms with Crippen LogP contribution in [0, 0.1) is 6.92 Å². The predicted molar refractivity (Wildman–Crippen MR) is 125 cm³/mol. The third-order valence-corrected chi connectivity index (χ3v) is 6.64. The molecule has 0 saturated heterocycles. The molecule has 0 fully saturated rings. The Morgan fingerprint density at radius 1 is 1.16 bits per heavy atom. The minimum Gasteiger partial charge on any atom is -0.477 e. The molecule has 1 aromatic carbocycles. The molecule has 0 saturated carbocycles. The van der Waals surface area contributed by atoms with Crippen molar-refractivity contribution in [2.45, 2.75) is 13.5 Å². The molecule has 8 heteroatoms. The summed E-state index contributed by atoms with van der Waals surface area (Å²) in [6.07, 6.45) is 7.23. The average molecular weight is 445 g/mol. The average Bonchev–Trinajstić information content (AvgIpc) is 3.48. The Kier molecular flexibility index (Phi) is 4.79. The van der Waals surface area contributed by atoms with Gasteiger partial charge in [0, 0.05) is 49.5 Å². The molecule has 5 aromatic rings. The van der Waals surface area contributed by atoms with E-state index in [9.17, 15) is 14.7 Å². The molecule has 0 radical (unpaired) electrons. The van der Waals surface area contributed by atoms with Gasteiger partial charge in [-0.25, -0.2) is 9.78 Å². The van der Waals surface area contributed by atoms with E-state index in [-0.39, 0.29) is 5.56 Å². The molecule has 0 aliphatic heterocycles. The van der Waals surface area contributed by atoms with Gasteiger partial charge in [0.2, 0.25) is 5.56 Å². The van der Waals surface area contributed by atoms with E-state index in [0.717, 1.165) is 38.3 Å². The number of aromatic nitrogens is 4. The first-order valence-corrected chi connectivity index (χ1v) is 10.8. The highest BCUT2D eigenvalue weighted by Gasteiger charge is 2.18. The standard InChI is InChI=1S/C24H20N4O3S/c1-15-9-17(27-8-7-25-14-27)4-5-18(15)19-10-21-20(11-22(32-21)24(30)31)28(19)13-16-3-6-23(29)26(2)12-16/h3-12,14H,13H2,1-2H3,(H,30,31). The predicted octanol–water partition coefficient (Wildman–Crippen LogP) is 4.31. The van der Waals surface area contributed by atoms with Gasteiger partial charge in [-0.3, -0.25) is 4.79 Å². The molecule has 7 nitrogen and oxygen atoms in total. The summed E-state index contributed by atoms with van der Waals surface area (Å²) in [5.41, 5.74) is 5.96. The van der Waals surface area contributed by atoms with E-state index in [1.54, 1.807) is 36.3 Å². The van der Waals surface area contributed by atoms with Crippen LogP contribution in [-0.4, -0.2) is 29.8 Å². The monoisotopic (exact) mass is 444 g/mol. The number of imidazole rings is 1. The number of pyridine rings is 1. The molecule has 0 atom stereocenters. The highest BCUT2D eigenvalue weighted by Crippen LogP contribution is 2.36. The summed E-state index contributed by atoms with van der Waals surface area (Å²) in [6.45, 7) is 2.58. The number of thiophene rings is 1. The Balaban J connectivity index is 1.66. The number of carboxylic acid groups (broad SMARTS) is 1. The zero-order chi connectivity index (χ0) is 22.4. The lowest BCUT2D eigenvalue weighted by molar-refractivity contribution is 0.0702. The maximum absolute atomic E-state index is 11.8. The van der Waals surface area contributed by atoms with E-state index in [4.69, 9.17) is 0 Å². The Morgan fingerprint density at radius 2 is 2.00 bits per heavy atom. The van der Waals surface area contributed by atoms with Crippen LogP contribution in [0.3, 0.4) is 0 Å². The summed E-state index contributed by atoms with van der Waals surface area (Å²) in [5, 5.41) is 9.46. The van der Waals surface area contributed by atoms with Crippen LogP contribution in [0.2, 0.25) is 0 Å². The van der Waals surface area contributed by atoms with E-state index in [2.05, 4.69) is 28.6 Å². The number of hydrogen-bond acceptors (Lipinski definition) is 4. The van der Waals surface area contributed by atoms with Gasteiger partial charge in [0.25, 0.3) is 0 Å². The summed E-state index contributed by atoms with van der Waals surface area (Å²) in [5.74, 6) is -0.928. The van der Waals surface area contributed by atoms with Gasteiger partial charge in [0.15, 0.2) is 0 Å². The zero-order valence-corrected chi connectivity index (χ0v) is 18.3. The second-order valence-electron chi connectivity index (χ2n) is 7.74. The third kappa shape index (κ3) is 3.44. The van der Waals surface area contributed by atoms with Crippen molar-refractivity contribution in [3.05, 3.63) is 93.7 Å². The van der Waals surface area contributed by atoms with Gasteiger partial charge in [-0.2, -0.15) is 0 Å². The molecule has 0 spiro atoms. The minimum absolute atomic E-state index is 0.0683. The van der Waals surface area contributed by atoms with E-state index >= 15 is 0 Å². The molecule has 4 aromatic heterocycles. The fourth-order valence-electron chi connectivity index (χ4n) is 3.98. The summed E-state index contributed by atoms with van der Waals surface area (Å²) in [6, 6.07) is 13.4. The smallest absolute Gasteiger partial charge is 0.345 e. The van der Waals surface area contributed by atoms with Crippen molar-refractivity contribution in [2.24, 2.45) is 7.05 Å². The van der Waals surface area contributed by atoms with E-state index in [1.807, 2.05) is 35.2 Å². The van der Waals surface area contributed by atoms with Crippen LogP contribution in [0.5, 0.6) is 0 Å².